The Bertz CT molecular complexity index is 688. The van der Waals surface area contributed by atoms with Gasteiger partial charge < -0.3 is 19.3 Å². The number of methoxy groups -OCH3 is 1. The molecule has 1 aliphatic heterocycles. The maximum Gasteiger partial charge on any atom is 0.231 e. The third kappa shape index (κ3) is 2.67. The van der Waals surface area contributed by atoms with Crippen LogP contribution in [-0.2, 0) is 6.42 Å². The summed E-state index contributed by atoms with van der Waals surface area (Å²) < 4.78 is 16.1. The van der Waals surface area contributed by atoms with Crippen LogP contribution < -0.4 is 14.2 Å². The lowest BCUT2D eigenvalue weighted by Gasteiger charge is -2.16. The molecule has 1 N–H and O–H groups in total. The first-order valence-corrected chi connectivity index (χ1v) is 7.29. The first-order chi connectivity index (χ1) is 10.6. The second kappa shape index (κ2) is 6.20. The molecular formula is C15H13Cl2NO4. The third-order valence-corrected chi connectivity index (χ3v) is 4.09. The lowest BCUT2D eigenvalue weighted by molar-refractivity contribution is 0.156. The van der Waals surface area contributed by atoms with Crippen molar-refractivity contribution >= 4 is 23.2 Å². The number of nitrogens with zero attached hydrogens (tertiary/aromatic N) is 1. The first kappa shape index (κ1) is 15.2. The Kier molecular flexibility index (Phi) is 4.29. The minimum Gasteiger partial charge on any atom is -0.493 e. The van der Waals surface area contributed by atoms with Gasteiger partial charge in [-0.1, -0.05) is 23.2 Å². The lowest BCUT2D eigenvalue weighted by Crippen LogP contribution is -2.05. The van der Waals surface area contributed by atoms with Crippen molar-refractivity contribution in [3.63, 3.8) is 0 Å². The average Bonchev–Trinajstić information content (AvgIpc) is 2.99. The van der Waals surface area contributed by atoms with Gasteiger partial charge in [0.25, 0.3) is 0 Å². The van der Waals surface area contributed by atoms with Gasteiger partial charge in [0, 0.05) is 24.4 Å². The van der Waals surface area contributed by atoms with Gasteiger partial charge in [0.05, 0.1) is 23.3 Å². The van der Waals surface area contributed by atoms with Crippen LogP contribution in [0.1, 0.15) is 17.2 Å². The van der Waals surface area contributed by atoms with Crippen LogP contribution in [0.5, 0.6) is 17.2 Å². The highest BCUT2D eigenvalue weighted by Gasteiger charge is 2.27. The Balaban J connectivity index is 1.93. The Labute approximate surface area is 137 Å². The molecule has 2 heterocycles. The number of halogens is 2. The standard InChI is InChI=1S/C15H13Cl2NO4/c1-20-13-3-2-8(14-15(13)22-7-21-14)12(19)4-9-10(16)5-18-6-11(9)17/h2-3,5-6,12,19H,4,7H2,1H3. The molecule has 0 saturated heterocycles. The van der Waals surface area contributed by atoms with Crippen molar-refractivity contribution in [1.82, 2.24) is 4.98 Å². The smallest absolute Gasteiger partial charge is 0.231 e. The van der Waals surface area contributed by atoms with E-state index in [0.717, 1.165) is 0 Å². The second-order valence-electron chi connectivity index (χ2n) is 4.72. The van der Waals surface area contributed by atoms with Crippen LogP contribution in [0, 0.1) is 0 Å². The summed E-state index contributed by atoms with van der Waals surface area (Å²) in [6, 6.07) is 3.46. The predicted molar refractivity (Wildman–Crippen MR) is 82.0 cm³/mol. The highest BCUT2D eigenvalue weighted by Crippen LogP contribution is 2.46. The van der Waals surface area contributed by atoms with Crippen molar-refractivity contribution in [3.8, 4) is 17.2 Å². The van der Waals surface area contributed by atoms with Gasteiger partial charge in [-0.2, -0.15) is 0 Å². The fourth-order valence-electron chi connectivity index (χ4n) is 2.35. The largest absolute Gasteiger partial charge is 0.493 e. The predicted octanol–water partition coefficient (Wildman–Crippen LogP) is 3.40. The Morgan fingerprint density at radius 3 is 2.59 bits per heavy atom. The number of hydrogen-bond donors (Lipinski definition) is 1. The summed E-state index contributed by atoms with van der Waals surface area (Å²) in [6.45, 7) is 0.0895. The third-order valence-electron chi connectivity index (χ3n) is 3.44. The molecule has 0 amide bonds. The van der Waals surface area contributed by atoms with Crippen LogP contribution in [0.15, 0.2) is 24.5 Å². The molecule has 1 atom stereocenters. The molecular weight excluding hydrogens is 329 g/mol. The number of ether oxygens (including phenoxy) is 3. The fraction of sp³-hybridized carbons (Fsp3) is 0.267. The van der Waals surface area contributed by atoms with Crippen molar-refractivity contribution in [2.24, 2.45) is 0 Å². The lowest BCUT2D eigenvalue weighted by atomic mass is 10.0. The molecule has 3 rings (SSSR count). The molecule has 2 aromatic rings. The molecule has 0 fully saturated rings. The number of pyridine rings is 1. The van der Waals surface area contributed by atoms with Crippen molar-refractivity contribution in [3.05, 3.63) is 45.7 Å². The van der Waals surface area contributed by atoms with Crippen LogP contribution >= 0.6 is 23.2 Å². The van der Waals surface area contributed by atoms with Gasteiger partial charge in [0.15, 0.2) is 11.5 Å². The van der Waals surface area contributed by atoms with Crippen LogP contribution in [0.25, 0.3) is 0 Å². The average molecular weight is 342 g/mol. The van der Waals surface area contributed by atoms with E-state index in [4.69, 9.17) is 37.4 Å². The van der Waals surface area contributed by atoms with E-state index in [0.29, 0.717) is 38.4 Å². The maximum atomic E-state index is 10.5. The molecule has 5 nitrogen and oxygen atoms in total. The van der Waals surface area contributed by atoms with Gasteiger partial charge in [-0.05, 0) is 17.7 Å². The number of hydrogen-bond acceptors (Lipinski definition) is 5. The SMILES string of the molecule is COc1ccc(C(O)Cc2c(Cl)cncc2Cl)c2c1OCO2. The summed E-state index contributed by atoms with van der Waals surface area (Å²) in [7, 11) is 1.55. The van der Waals surface area contributed by atoms with Gasteiger partial charge in [-0.3, -0.25) is 4.98 Å². The van der Waals surface area contributed by atoms with Gasteiger partial charge in [0.1, 0.15) is 0 Å². The highest BCUT2D eigenvalue weighted by molar-refractivity contribution is 6.35. The topological polar surface area (TPSA) is 60.8 Å². The zero-order valence-corrected chi connectivity index (χ0v) is 13.2. The monoisotopic (exact) mass is 341 g/mol. The van der Waals surface area contributed by atoms with E-state index in [1.54, 1.807) is 19.2 Å². The molecule has 0 radical (unpaired) electrons. The van der Waals surface area contributed by atoms with E-state index < -0.39 is 6.10 Å². The molecule has 0 aliphatic carbocycles. The maximum absolute atomic E-state index is 10.5. The van der Waals surface area contributed by atoms with Crippen LogP contribution in [0.3, 0.4) is 0 Å². The molecule has 1 aliphatic rings. The van der Waals surface area contributed by atoms with Gasteiger partial charge in [-0.25, -0.2) is 0 Å². The minimum atomic E-state index is -0.848. The molecule has 0 bridgehead atoms. The molecule has 1 aromatic carbocycles. The van der Waals surface area contributed by atoms with Gasteiger partial charge >= 0.3 is 0 Å². The van der Waals surface area contributed by atoms with Gasteiger partial charge in [0.2, 0.25) is 12.5 Å². The van der Waals surface area contributed by atoms with Crippen LogP contribution in [0.2, 0.25) is 10.0 Å². The minimum absolute atomic E-state index is 0.0895. The fourth-order valence-corrected chi connectivity index (χ4v) is 2.87. The zero-order valence-electron chi connectivity index (χ0n) is 11.7. The zero-order chi connectivity index (χ0) is 15.7. The highest BCUT2D eigenvalue weighted by atomic mass is 35.5. The summed E-state index contributed by atoms with van der Waals surface area (Å²) in [6.07, 6.45) is 2.38. The van der Waals surface area contributed by atoms with Crippen molar-refractivity contribution in [2.75, 3.05) is 13.9 Å². The second-order valence-corrected chi connectivity index (χ2v) is 5.54. The van der Waals surface area contributed by atoms with E-state index in [-0.39, 0.29) is 13.2 Å². The number of fused-ring (bicyclic) bond motifs is 1. The van der Waals surface area contributed by atoms with E-state index in [1.165, 1.54) is 12.4 Å². The van der Waals surface area contributed by atoms with Crippen molar-refractivity contribution < 1.29 is 19.3 Å². The molecule has 0 spiro atoms. The number of benzene rings is 1. The van der Waals surface area contributed by atoms with Crippen molar-refractivity contribution in [2.45, 2.75) is 12.5 Å². The van der Waals surface area contributed by atoms with Crippen LogP contribution in [-0.4, -0.2) is 24.0 Å². The van der Waals surface area contributed by atoms with E-state index >= 15 is 0 Å². The molecule has 7 heteroatoms. The molecule has 116 valence electrons. The van der Waals surface area contributed by atoms with E-state index in [9.17, 15) is 5.11 Å². The number of aliphatic hydroxyl groups excluding tert-OH is 1. The van der Waals surface area contributed by atoms with Crippen LogP contribution in [0.4, 0.5) is 0 Å². The first-order valence-electron chi connectivity index (χ1n) is 6.54. The number of aliphatic hydroxyl groups is 1. The summed E-state index contributed by atoms with van der Waals surface area (Å²) in [5.41, 5.74) is 1.23. The molecule has 22 heavy (non-hydrogen) atoms. The van der Waals surface area contributed by atoms with Gasteiger partial charge in [-0.15, -0.1) is 0 Å². The Hall–Kier alpha value is -1.69. The molecule has 0 saturated carbocycles. The number of aromatic nitrogens is 1. The van der Waals surface area contributed by atoms with E-state index in [1.807, 2.05) is 0 Å². The number of rotatable bonds is 4. The molecule has 1 unspecified atom stereocenters. The normalized spacial score (nSPS) is 14.0. The van der Waals surface area contributed by atoms with Crippen molar-refractivity contribution in [1.29, 1.82) is 0 Å². The summed E-state index contributed by atoms with van der Waals surface area (Å²) in [5.74, 6) is 1.53. The summed E-state index contributed by atoms with van der Waals surface area (Å²) in [4.78, 5) is 3.90. The summed E-state index contributed by atoms with van der Waals surface area (Å²) >= 11 is 12.2. The Morgan fingerprint density at radius 1 is 1.23 bits per heavy atom. The Morgan fingerprint density at radius 2 is 1.91 bits per heavy atom. The van der Waals surface area contributed by atoms with E-state index in [2.05, 4.69) is 4.98 Å². The molecule has 1 aromatic heterocycles. The quantitative estimate of drug-likeness (QED) is 0.923. The summed E-state index contributed by atoms with van der Waals surface area (Å²) in [5, 5.41) is 11.4.